The number of carbonyl (C=O) groups excluding carboxylic acids is 1. The van der Waals surface area contributed by atoms with E-state index in [1.54, 1.807) is 4.90 Å². The molecule has 1 aromatic heterocycles. The molecule has 0 fully saturated rings. The summed E-state index contributed by atoms with van der Waals surface area (Å²) in [5, 5.41) is 0. The predicted octanol–water partition coefficient (Wildman–Crippen LogP) is 6.52. The van der Waals surface area contributed by atoms with Crippen molar-refractivity contribution in [1.29, 1.82) is 0 Å². The highest BCUT2D eigenvalue weighted by molar-refractivity contribution is 9.10. The molecule has 0 aliphatic rings. The number of benzene rings is 3. The summed E-state index contributed by atoms with van der Waals surface area (Å²) in [5.41, 5.74) is 7.32. The minimum Gasteiger partial charge on any atom is -0.340 e. The molecule has 34 heavy (non-hydrogen) atoms. The molecular formula is C29H30BrN3O. The van der Waals surface area contributed by atoms with E-state index in [0.29, 0.717) is 12.1 Å². The normalized spacial score (nSPS) is 11.1. The summed E-state index contributed by atoms with van der Waals surface area (Å²) < 4.78 is 3.34. The number of aryl methyl sites for hydroxylation is 1. The maximum atomic E-state index is 13.1. The number of para-hydroxylation sites is 1. The van der Waals surface area contributed by atoms with Gasteiger partial charge in [0.1, 0.15) is 0 Å². The Balaban J connectivity index is 1.80. The molecular weight excluding hydrogens is 486 g/mol. The van der Waals surface area contributed by atoms with Crippen LogP contribution in [0.2, 0.25) is 0 Å². The van der Waals surface area contributed by atoms with Gasteiger partial charge in [-0.05, 0) is 80.2 Å². The van der Waals surface area contributed by atoms with Crippen LogP contribution in [0.5, 0.6) is 0 Å². The smallest absolute Gasteiger partial charge is 0.253 e. The molecule has 0 saturated carbocycles. The fourth-order valence-corrected chi connectivity index (χ4v) is 4.33. The number of halogens is 1. The molecule has 0 radical (unpaired) electrons. The van der Waals surface area contributed by atoms with Crippen LogP contribution in [-0.2, 0) is 0 Å². The number of rotatable bonds is 7. The van der Waals surface area contributed by atoms with Crippen molar-refractivity contribution in [1.82, 2.24) is 14.4 Å². The molecule has 1 amide bonds. The van der Waals surface area contributed by atoms with Crippen molar-refractivity contribution in [2.45, 2.75) is 6.92 Å². The average Bonchev–Trinajstić information content (AvgIpc) is 3.27. The molecule has 0 aliphatic heterocycles. The Hall–Kier alpha value is -3.15. The Morgan fingerprint density at radius 1 is 0.794 bits per heavy atom. The lowest BCUT2D eigenvalue weighted by molar-refractivity contribution is 0.0786. The lowest BCUT2D eigenvalue weighted by atomic mass is 10.1. The number of hydrogen-bond donors (Lipinski definition) is 0. The van der Waals surface area contributed by atoms with Gasteiger partial charge in [-0.25, -0.2) is 0 Å². The van der Waals surface area contributed by atoms with E-state index < -0.39 is 0 Å². The Morgan fingerprint density at radius 2 is 1.47 bits per heavy atom. The van der Waals surface area contributed by atoms with E-state index in [0.717, 1.165) is 39.2 Å². The first kappa shape index (κ1) is 24.0. The molecule has 5 heteroatoms. The van der Waals surface area contributed by atoms with Crippen molar-refractivity contribution < 1.29 is 4.79 Å². The molecule has 174 valence electrons. The number of likely N-dealkylation sites (N-methyl/N-ethyl adjacent to an activating group) is 2. The van der Waals surface area contributed by atoms with Crippen LogP contribution in [0, 0.1) is 6.92 Å². The zero-order chi connectivity index (χ0) is 24.2. The Morgan fingerprint density at radius 3 is 2.15 bits per heavy atom. The van der Waals surface area contributed by atoms with Gasteiger partial charge >= 0.3 is 0 Å². The van der Waals surface area contributed by atoms with E-state index in [2.05, 4.69) is 99.1 Å². The van der Waals surface area contributed by atoms with Gasteiger partial charge in [0.05, 0.1) is 11.4 Å². The monoisotopic (exact) mass is 515 g/mol. The van der Waals surface area contributed by atoms with Crippen LogP contribution < -0.4 is 0 Å². The van der Waals surface area contributed by atoms with Crippen molar-refractivity contribution in [3.63, 3.8) is 0 Å². The summed E-state index contributed by atoms with van der Waals surface area (Å²) >= 11 is 3.54. The molecule has 0 atom stereocenters. The molecule has 0 spiro atoms. The first-order valence-corrected chi connectivity index (χ1v) is 12.2. The van der Waals surface area contributed by atoms with E-state index in [4.69, 9.17) is 0 Å². The first-order chi connectivity index (χ1) is 16.3. The van der Waals surface area contributed by atoms with Crippen molar-refractivity contribution in [3.05, 3.63) is 101 Å². The van der Waals surface area contributed by atoms with Crippen molar-refractivity contribution in [3.8, 4) is 28.2 Å². The zero-order valence-electron chi connectivity index (χ0n) is 20.1. The second-order valence-corrected chi connectivity index (χ2v) is 9.76. The highest BCUT2D eigenvalue weighted by atomic mass is 79.9. The van der Waals surface area contributed by atoms with Crippen LogP contribution in [0.1, 0.15) is 15.9 Å². The molecule has 4 aromatic rings. The maximum absolute atomic E-state index is 13.1. The largest absolute Gasteiger partial charge is 0.340 e. The lowest BCUT2D eigenvalue weighted by Crippen LogP contribution is -2.33. The fourth-order valence-electron chi connectivity index (χ4n) is 4.07. The van der Waals surface area contributed by atoms with Crippen molar-refractivity contribution in [2.75, 3.05) is 34.2 Å². The van der Waals surface area contributed by atoms with Crippen LogP contribution in [0.4, 0.5) is 0 Å². The maximum Gasteiger partial charge on any atom is 0.253 e. The van der Waals surface area contributed by atoms with Crippen LogP contribution in [-0.4, -0.2) is 54.5 Å². The second kappa shape index (κ2) is 10.4. The van der Waals surface area contributed by atoms with Gasteiger partial charge in [0.15, 0.2) is 0 Å². The minimum atomic E-state index is 0.0332. The van der Waals surface area contributed by atoms with Gasteiger partial charge in [0, 0.05) is 35.9 Å². The number of amides is 1. The van der Waals surface area contributed by atoms with Gasteiger partial charge in [0.2, 0.25) is 0 Å². The molecule has 4 rings (SSSR count). The van der Waals surface area contributed by atoms with Crippen LogP contribution in [0.15, 0.2) is 89.4 Å². The number of aromatic nitrogens is 1. The highest BCUT2D eigenvalue weighted by Gasteiger charge is 2.17. The van der Waals surface area contributed by atoms with E-state index in [1.807, 2.05) is 39.3 Å². The highest BCUT2D eigenvalue weighted by Crippen LogP contribution is 2.34. The summed E-state index contributed by atoms with van der Waals surface area (Å²) in [6.07, 6.45) is 0. The third kappa shape index (κ3) is 5.16. The molecule has 4 nitrogen and oxygen atoms in total. The van der Waals surface area contributed by atoms with Gasteiger partial charge in [-0.3, -0.25) is 4.79 Å². The molecule has 0 bridgehead atoms. The quantitative estimate of drug-likeness (QED) is 0.280. The topological polar surface area (TPSA) is 28.5 Å². The van der Waals surface area contributed by atoms with Crippen molar-refractivity contribution in [2.24, 2.45) is 0 Å². The van der Waals surface area contributed by atoms with Gasteiger partial charge < -0.3 is 14.4 Å². The van der Waals surface area contributed by atoms with Crippen LogP contribution in [0.25, 0.3) is 28.2 Å². The Labute approximate surface area is 210 Å². The van der Waals surface area contributed by atoms with Crippen LogP contribution in [0.3, 0.4) is 0 Å². The summed E-state index contributed by atoms with van der Waals surface area (Å²) in [5.74, 6) is 0.0332. The second-order valence-electron chi connectivity index (χ2n) is 8.84. The zero-order valence-corrected chi connectivity index (χ0v) is 21.7. The van der Waals surface area contributed by atoms with E-state index in [-0.39, 0.29) is 5.91 Å². The fraction of sp³-hybridized carbons (Fsp3) is 0.207. The number of hydrogen-bond acceptors (Lipinski definition) is 2. The van der Waals surface area contributed by atoms with Gasteiger partial charge in [0.25, 0.3) is 5.91 Å². The number of nitrogens with zero attached hydrogens (tertiary/aromatic N) is 3. The van der Waals surface area contributed by atoms with Gasteiger partial charge in [-0.15, -0.1) is 0 Å². The molecule has 0 unspecified atom stereocenters. The minimum absolute atomic E-state index is 0.0332. The van der Waals surface area contributed by atoms with Crippen LogP contribution >= 0.6 is 15.9 Å². The first-order valence-electron chi connectivity index (χ1n) is 11.4. The Kier molecular flexibility index (Phi) is 7.35. The molecule has 0 N–H and O–H groups in total. The summed E-state index contributed by atoms with van der Waals surface area (Å²) in [4.78, 5) is 17.0. The summed E-state index contributed by atoms with van der Waals surface area (Å²) in [7, 11) is 5.89. The standard InChI is InChI=1S/C29H30BrN3O/c1-21-8-5-6-11-26(21)33-27(22-12-14-25(30)15-13-22)16-17-28(33)23-9-7-10-24(20-23)29(34)32(4)19-18-31(2)3/h5-17,20H,18-19H2,1-4H3. The van der Waals surface area contributed by atoms with Gasteiger partial charge in [-0.1, -0.05) is 58.4 Å². The third-order valence-corrected chi connectivity index (χ3v) is 6.54. The Bertz CT molecular complexity index is 1290. The van der Waals surface area contributed by atoms with Crippen molar-refractivity contribution >= 4 is 21.8 Å². The summed E-state index contributed by atoms with van der Waals surface area (Å²) in [6, 6.07) is 29.0. The molecule has 0 aliphatic carbocycles. The number of carbonyl (C=O) groups is 1. The molecule has 1 heterocycles. The SMILES string of the molecule is Cc1ccccc1-n1c(-c2ccc(Br)cc2)ccc1-c1cccc(C(=O)N(C)CCN(C)C)c1. The third-order valence-electron chi connectivity index (χ3n) is 6.01. The molecule has 3 aromatic carbocycles. The van der Waals surface area contributed by atoms with E-state index in [9.17, 15) is 4.79 Å². The van der Waals surface area contributed by atoms with E-state index in [1.165, 1.54) is 5.56 Å². The average molecular weight is 516 g/mol. The summed E-state index contributed by atoms with van der Waals surface area (Å²) in [6.45, 7) is 3.64. The predicted molar refractivity (Wildman–Crippen MR) is 145 cm³/mol. The van der Waals surface area contributed by atoms with Gasteiger partial charge in [-0.2, -0.15) is 0 Å². The van der Waals surface area contributed by atoms with E-state index >= 15 is 0 Å². The lowest BCUT2D eigenvalue weighted by Gasteiger charge is -2.20. The molecule has 0 saturated heterocycles.